The number of ether oxygens (including phenoxy) is 2. The molecule has 0 bridgehead atoms. The number of carbonyl (C=O) groups is 2. The molecule has 1 atom stereocenters. The van der Waals surface area contributed by atoms with Gasteiger partial charge >= 0.3 is 5.97 Å². The van der Waals surface area contributed by atoms with Crippen LogP contribution >= 0.6 is 11.8 Å². The Kier molecular flexibility index (Phi) is 7.32. The van der Waals surface area contributed by atoms with Crippen LogP contribution < -0.4 is 10.1 Å². The summed E-state index contributed by atoms with van der Waals surface area (Å²) in [6.07, 6.45) is 4.13. The fraction of sp³-hybridized carbons (Fsp3) is 0.280. The fourth-order valence-corrected chi connectivity index (χ4v) is 4.91. The van der Waals surface area contributed by atoms with Crippen molar-refractivity contribution in [2.24, 2.45) is 4.99 Å². The summed E-state index contributed by atoms with van der Waals surface area (Å²) in [7, 11) is 2.97. The number of rotatable bonds is 8. The number of fused-ring (bicyclic) bond motifs is 1. The highest BCUT2D eigenvalue weighted by atomic mass is 32.2. The molecular formula is C25H26N4O4S. The minimum atomic E-state index is -0.489. The fourth-order valence-electron chi connectivity index (χ4n) is 3.97. The van der Waals surface area contributed by atoms with Gasteiger partial charge in [0.15, 0.2) is 5.17 Å². The van der Waals surface area contributed by atoms with Crippen molar-refractivity contribution in [2.45, 2.75) is 32.4 Å². The highest BCUT2D eigenvalue weighted by Crippen LogP contribution is 2.45. The first-order chi connectivity index (χ1) is 16.5. The predicted molar refractivity (Wildman–Crippen MR) is 131 cm³/mol. The number of methoxy groups -OCH3 is 2. The lowest BCUT2D eigenvalue weighted by Crippen LogP contribution is -2.38. The molecule has 9 heteroatoms. The van der Waals surface area contributed by atoms with Gasteiger partial charge in [0, 0.05) is 24.6 Å². The average molecular weight is 479 g/mol. The Hall–Kier alpha value is -3.59. The Labute approximate surface area is 202 Å². The molecule has 0 saturated carbocycles. The number of aliphatic imine (C=N–C) groups is 1. The molecule has 2 aliphatic rings. The summed E-state index contributed by atoms with van der Waals surface area (Å²) in [5.41, 5.74) is 3.67. The zero-order valence-electron chi connectivity index (χ0n) is 19.3. The van der Waals surface area contributed by atoms with Gasteiger partial charge in [-0.25, -0.2) is 9.79 Å². The lowest BCUT2D eigenvalue weighted by atomic mass is 9.92. The van der Waals surface area contributed by atoms with E-state index in [4.69, 9.17) is 14.5 Å². The van der Waals surface area contributed by atoms with Crippen molar-refractivity contribution >= 4 is 28.8 Å². The van der Waals surface area contributed by atoms with Crippen LogP contribution in [0.5, 0.6) is 5.75 Å². The van der Waals surface area contributed by atoms with Crippen LogP contribution in [0.2, 0.25) is 0 Å². The number of benzene rings is 1. The molecule has 2 aromatic rings. The summed E-state index contributed by atoms with van der Waals surface area (Å²) in [5, 5.41) is 5.59. The number of nitrogens with one attached hydrogen (secondary N) is 1. The molecule has 0 unspecified atom stereocenters. The zero-order chi connectivity index (χ0) is 24.1. The van der Waals surface area contributed by atoms with Gasteiger partial charge in [-0.2, -0.15) is 0 Å². The lowest BCUT2D eigenvalue weighted by molar-refractivity contribution is -0.136. The van der Waals surface area contributed by atoms with Crippen LogP contribution in [0.15, 0.2) is 76.2 Å². The van der Waals surface area contributed by atoms with Gasteiger partial charge in [-0.1, -0.05) is 36.9 Å². The van der Waals surface area contributed by atoms with Crippen LogP contribution in [0.25, 0.3) is 0 Å². The number of carbonyl (C=O) groups excluding carboxylic acids is 2. The normalized spacial score (nSPS) is 17.0. The number of amidine groups is 1. The largest absolute Gasteiger partial charge is 0.497 e. The molecule has 0 radical (unpaired) electrons. The summed E-state index contributed by atoms with van der Waals surface area (Å²) < 4.78 is 10.6. The summed E-state index contributed by atoms with van der Waals surface area (Å²) >= 11 is 1.45. The summed E-state index contributed by atoms with van der Waals surface area (Å²) in [6.45, 7) is 2.35. The van der Waals surface area contributed by atoms with E-state index in [1.54, 1.807) is 19.5 Å². The van der Waals surface area contributed by atoms with Crippen molar-refractivity contribution in [1.82, 2.24) is 15.2 Å². The molecule has 0 spiro atoms. The quantitative estimate of drug-likeness (QED) is 0.575. The first-order valence-corrected chi connectivity index (χ1v) is 11.8. The first-order valence-electron chi connectivity index (χ1n) is 10.9. The minimum absolute atomic E-state index is 0.133. The van der Waals surface area contributed by atoms with E-state index in [9.17, 15) is 9.59 Å². The predicted octanol–water partition coefficient (Wildman–Crippen LogP) is 3.93. The topological polar surface area (TPSA) is 93.1 Å². The Morgan fingerprint density at radius 1 is 1.21 bits per heavy atom. The molecule has 0 aliphatic carbocycles. The monoisotopic (exact) mass is 478 g/mol. The van der Waals surface area contributed by atoms with E-state index in [0.29, 0.717) is 30.0 Å². The highest BCUT2D eigenvalue weighted by molar-refractivity contribution is 8.16. The summed E-state index contributed by atoms with van der Waals surface area (Å²) in [6, 6.07) is 10.8. The van der Waals surface area contributed by atoms with E-state index < -0.39 is 12.0 Å². The van der Waals surface area contributed by atoms with Gasteiger partial charge in [-0.05, 0) is 41.2 Å². The maximum Gasteiger partial charge on any atom is 0.338 e. The van der Waals surface area contributed by atoms with E-state index in [1.807, 2.05) is 53.6 Å². The van der Waals surface area contributed by atoms with E-state index in [-0.39, 0.29) is 12.3 Å². The lowest BCUT2D eigenvalue weighted by Gasteiger charge is -2.36. The average Bonchev–Trinajstić information content (AvgIpc) is 3.28. The highest BCUT2D eigenvalue weighted by Gasteiger charge is 2.41. The maximum atomic E-state index is 12.9. The summed E-state index contributed by atoms with van der Waals surface area (Å²) in [4.78, 5) is 36.5. The molecule has 1 aromatic heterocycles. The van der Waals surface area contributed by atoms with Gasteiger partial charge in [-0.15, -0.1) is 0 Å². The molecule has 1 N–H and O–H groups in total. The first kappa shape index (κ1) is 23.6. The second kappa shape index (κ2) is 10.6. The van der Waals surface area contributed by atoms with Crippen molar-refractivity contribution < 1.29 is 19.1 Å². The molecule has 34 heavy (non-hydrogen) atoms. The van der Waals surface area contributed by atoms with Crippen molar-refractivity contribution in [2.75, 3.05) is 14.2 Å². The van der Waals surface area contributed by atoms with Gasteiger partial charge < -0.3 is 19.7 Å². The van der Waals surface area contributed by atoms with Crippen molar-refractivity contribution in [3.63, 3.8) is 0 Å². The standard InChI is InChI=1S/C25H26N4O4S/c1-4-20-22(24(31)33-3)23(17-8-5-9-19(11-17)32-2)29-18(15-34-25(29)28-20)12-21(30)27-14-16-7-6-10-26-13-16/h5-11,13,15,23H,4,12,14H2,1-3H3,(H,27,30)/t23-/m1/s1. The van der Waals surface area contributed by atoms with E-state index in [1.165, 1.54) is 18.9 Å². The molecule has 1 amide bonds. The second-order valence-electron chi connectivity index (χ2n) is 7.69. The van der Waals surface area contributed by atoms with Crippen LogP contribution in [0.1, 0.15) is 36.9 Å². The number of amides is 1. The Balaban J connectivity index is 1.65. The van der Waals surface area contributed by atoms with Gasteiger partial charge in [-0.3, -0.25) is 9.78 Å². The molecular weight excluding hydrogens is 452 g/mol. The molecule has 8 nitrogen and oxygen atoms in total. The number of thioether (sulfide) groups is 1. The Morgan fingerprint density at radius 2 is 2.06 bits per heavy atom. The van der Waals surface area contributed by atoms with Crippen molar-refractivity contribution in [3.8, 4) is 5.75 Å². The van der Waals surface area contributed by atoms with Gasteiger partial charge in [0.1, 0.15) is 5.75 Å². The zero-order valence-corrected chi connectivity index (χ0v) is 20.1. The van der Waals surface area contributed by atoms with E-state index in [0.717, 1.165) is 22.0 Å². The molecule has 4 rings (SSSR count). The van der Waals surface area contributed by atoms with Crippen LogP contribution in [0.3, 0.4) is 0 Å². The summed E-state index contributed by atoms with van der Waals surface area (Å²) in [5.74, 6) is 0.103. The third kappa shape index (κ3) is 4.84. The molecule has 3 heterocycles. The van der Waals surface area contributed by atoms with Crippen LogP contribution in [-0.4, -0.2) is 41.1 Å². The number of pyridine rings is 1. The smallest absolute Gasteiger partial charge is 0.338 e. The number of esters is 1. The van der Waals surface area contributed by atoms with Crippen LogP contribution in [-0.2, 0) is 20.9 Å². The molecule has 1 aromatic carbocycles. The third-order valence-corrected chi connectivity index (χ3v) is 6.48. The number of hydrogen-bond acceptors (Lipinski definition) is 8. The number of hydrogen-bond donors (Lipinski definition) is 1. The van der Waals surface area contributed by atoms with Crippen molar-refractivity contribution in [1.29, 1.82) is 0 Å². The Morgan fingerprint density at radius 3 is 2.76 bits per heavy atom. The molecule has 0 saturated heterocycles. The second-order valence-corrected chi connectivity index (χ2v) is 8.53. The number of allylic oxidation sites excluding steroid dienone is 1. The molecule has 176 valence electrons. The number of nitrogens with zero attached hydrogens (tertiary/aromatic N) is 3. The third-order valence-electron chi connectivity index (χ3n) is 5.59. The number of aromatic nitrogens is 1. The Bertz CT molecular complexity index is 1180. The molecule has 2 aliphatic heterocycles. The van der Waals surface area contributed by atoms with E-state index in [2.05, 4.69) is 10.3 Å². The van der Waals surface area contributed by atoms with Gasteiger partial charge in [0.2, 0.25) is 5.91 Å². The van der Waals surface area contributed by atoms with Crippen LogP contribution in [0, 0.1) is 0 Å². The maximum absolute atomic E-state index is 12.9. The van der Waals surface area contributed by atoms with Crippen LogP contribution in [0.4, 0.5) is 0 Å². The van der Waals surface area contributed by atoms with Gasteiger partial charge in [0.05, 0.1) is 38.0 Å². The minimum Gasteiger partial charge on any atom is -0.497 e. The SMILES string of the molecule is CCC1=C(C(=O)OC)[C@@H](c2cccc(OC)c2)N2C(CC(=O)NCc3cccnc3)=CSC2=N1. The van der Waals surface area contributed by atoms with Gasteiger partial charge in [0.25, 0.3) is 0 Å². The molecule has 0 fully saturated rings. The van der Waals surface area contributed by atoms with Crippen molar-refractivity contribution in [3.05, 3.63) is 82.3 Å². The van der Waals surface area contributed by atoms with E-state index >= 15 is 0 Å².